The zero-order valence-corrected chi connectivity index (χ0v) is 17.3. The van der Waals surface area contributed by atoms with Crippen molar-refractivity contribution in [3.8, 4) is 0 Å². The summed E-state index contributed by atoms with van der Waals surface area (Å²) in [7, 11) is 0. The lowest BCUT2D eigenvalue weighted by atomic mass is 9.90. The van der Waals surface area contributed by atoms with Crippen LogP contribution in [0.5, 0.6) is 0 Å². The van der Waals surface area contributed by atoms with Gasteiger partial charge in [-0.3, -0.25) is 14.5 Å². The summed E-state index contributed by atoms with van der Waals surface area (Å²) in [5.74, 6) is 0.401. The SMILES string of the molecule is CC(C)CNC(=O)CC1C(=O)NCCN1CC(c1ccccc1)c1ccccc1. The summed E-state index contributed by atoms with van der Waals surface area (Å²) < 4.78 is 0. The average Bonchev–Trinajstić information content (AvgIpc) is 2.74. The van der Waals surface area contributed by atoms with Crippen LogP contribution in [0.4, 0.5) is 0 Å². The first-order chi connectivity index (χ1) is 14.0. The number of nitrogens with one attached hydrogen (secondary N) is 2. The minimum Gasteiger partial charge on any atom is -0.356 e. The summed E-state index contributed by atoms with van der Waals surface area (Å²) in [5, 5.41) is 5.87. The van der Waals surface area contributed by atoms with Crippen LogP contribution in [0.2, 0.25) is 0 Å². The molecule has 1 aliphatic heterocycles. The fourth-order valence-electron chi connectivity index (χ4n) is 3.78. The van der Waals surface area contributed by atoms with Gasteiger partial charge in [0, 0.05) is 32.1 Å². The van der Waals surface area contributed by atoms with E-state index in [1.54, 1.807) is 0 Å². The zero-order chi connectivity index (χ0) is 20.6. The molecule has 2 aromatic rings. The van der Waals surface area contributed by atoms with Crippen LogP contribution < -0.4 is 10.6 Å². The maximum atomic E-state index is 12.6. The molecule has 2 N–H and O–H groups in total. The number of piperazine rings is 1. The van der Waals surface area contributed by atoms with Crippen molar-refractivity contribution in [1.82, 2.24) is 15.5 Å². The van der Waals surface area contributed by atoms with Gasteiger partial charge in [0.2, 0.25) is 11.8 Å². The Morgan fingerprint density at radius 1 is 1.07 bits per heavy atom. The Kier molecular flexibility index (Phi) is 7.42. The average molecular weight is 394 g/mol. The lowest BCUT2D eigenvalue weighted by molar-refractivity contribution is -0.134. The summed E-state index contributed by atoms with van der Waals surface area (Å²) in [5.41, 5.74) is 2.43. The van der Waals surface area contributed by atoms with Crippen molar-refractivity contribution in [2.45, 2.75) is 32.2 Å². The maximum Gasteiger partial charge on any atom is 0.237 e. The number of amides is 2. The molecule has 1 atom stereocenters. The van der Waals surface area contributed by atoms with Gasteiger partial charge in [0.05, 0.1) is 12.5 Å². The predicted molar refractivity (Wildman–Crippen MR) is 116 cm³/mol. The van der Waals surface area contributed by atoms with Crippen LogP contribution in [0, 0.1) is 5.92 Å². The molecule has 3 rings (SSSR count). The number of rotatable bonds is 8. The number of nitrogens with zero attached hydrogens (tertiary/aromatic N) is 1. The van der Waals surface area contributed by atoms with Gasteiger partial charge in [0.1, 0.15) is 0 Å². The molecule has 0 saturated carbocycles. The summed E-state index contributed by atoms with van der Waals surface area (Å²) in [4.78, 5) is 27.2. The monoisotopic (exact) mass is 393 g/mol. The van der Waals surface area contributed by atoms with Gasteiger partial charge in [-0.25, -0.2) is 0 Å². The van der Waals surface area contributed by atoms with Crippen molar-refractivity contribution in [3.63, 3.8) is 0 Å². The van der Waals surface area contributed by atoms with E-state index in [-0.39, 0.29) is 24.2 Å². The van der Waals surface area contributed by atoms with E-state index < -0.39 is 6.04 Å². The fourth-order valence-corrected chi connectivity index (χ4v) is 3.78. The minimum atomic E-state index is -0.439. The first-order valence-corrected chi connectivity index (χ1v) is 10.4. The predicted octanol–water partition coefficient (Wildman–Crippen LogP) is 2.78. The molecule has 0 aliphatic carbocycles. The highest BCUT2D eigenvalue weighted by Crippen LogP contribution is 2.27. The molecule has 29 heavy (non-hydrogen) atoms. The highest BCUT2D eigenvalue weighted by molar-refractivity contribution is 5.88. The quantitative estimate of drug-likeness (QED) is 0.725. The summed E-state index contributed by atoms with van der Waals surface area (Å²) in [6.07, 6.45) is 0.189. The van der Waals surface area contributed by atoms with E-state index in [4.69, 9.17) is 0 Å². The second kappa shape index (κ2) is 10.2. The lowest BCUT2D eigenvalue weighted by Gasteiger charge is -2.37. The molecule has 1 heterocycles. The van der Waals surface area contributed by atoms with Crippen LogP contribution in [0.1, 0.15) is 37.3 Å². The number of hydrogen-bond acceptors (Lipinski definition) is 3. The minimum absolute atomic E-state index is 0.0594. The van der Waals surface area contributed by atoms with E-state index in [2.05, 4.69) is 53.6 Å². The maximum absolute atomic E-state index is 12.6. The van der Waals surface area contributed by atoms with Crippen LogP contribution in [0.25, 0.3) is 0 Å². The van der Waals surface area contributed by atoms with Crippen molar-refractivity contribution < 1.29 is 9.59 Å². The zero-order valence-electron chi connectivity index (χ0n) is 17.3. The Hall–Kier alpha value is -2.66. The van der Waals surface area contributed by atoms with E-state index in [1.165, 1.54) is 11.1 Å². The van der Waals surface area contributed by atoms with Crippen molar-refractivity contribution >= 4 is 11.8 Å². The standard InChI is InChI=1S/C24H31N3O2/c1-18(2)16-26-23(28)15-22-24(29)25-13-14-27(22)17-21(19-9-5-3-6-10-19)20-11-7-4-8-12-20/h3-12,18,21-22H,13-17H2,1-2H3,(H,25,29)(H,26,28). The molecule has 2 aromatic carbocycles. The third-order valence-electron chi connectivity index (χ3n) is 5.35. The van der Waals surface area contributed by atoms with Crippen molar-refractivity contribution in [2.24, 2.45) is 5.92 Å². The Bertz CT molecular complexity index is 753. The molecular formula is C24H31N3O2. The smallest absolute Gasteiger partial charge is 0.237 e. The van der Waals surface area contributed by atoms with E-state index >= 15 is 0 Å². The van der Waals surface area contributed by atoms with Crippen molar-refractivity contribution in [3.05, 3.63) is 71.8 Å². The number of hydrogen-bond donors (Lipinski definition) is 2. The fraction of sp³-hybridized carbons (Fsp3) is 0.417. The Morgan fingerprint density at radius 3 is 2.21 bits per heavy atom. The molecule has 1 unspecified atom stereocenters. The van der Waals surface area contributed by atoms with E-state index in [9.17, 15) is 9.59 Å². The summed E-state index contributed by atoms with van der Waals surface area (Å²) in [6.45, 7) is 6.80. The van der Waals surface area contributed by atoms with E-state index in [1.807, 2.05) is 36.4 Å². The molecule has 2 amide bonds. The number of benzene rings is 2. The molecule has 0 bridgehead atoms. The van der Waals surface area contributed by atoms with Crippen LogP contribution in [0.3, 0.4) is 0 Å². The Labute approximate surface area is 173 Å². The van der Waals surface area contributed by atoms with Gasteiger partial charge in [-0.1, -0.05) is 74.5 Å². The molecular weight excluding hydrogens is 362 g/mol. The van der Waals surface area contributed by atoms with Gasteiger partial charge in [-0.05, 0) is 17.0 Å². The molecule has 1 saturated heterocycles. The third kappa shape index (κ3) is 5.91. The molecule has 5 nitrogen and oxygen atoms in total. The van der Waals surface area contributed by atoms with Gasteiger partial charge < -0.3 is 10.6 Å². The van der Waals surface area contributed by atoms with E-state index in [0.717, 1.165) is 6.54 Å². The molecule has 1 fully saturated rings. The van der Waals surface area contributed by atoms with Crippen LogP contribution in [-0.4, -0.2) is 48.9 Å². The van der Waals surface area contributed by atoms with Crippen molar-refractivity contribution in [1.29, 1.82) is 0 Å². The largest absolute Gasteiger partial charge is 0.356 e. The molecule has 0 radical (unpaired) electrons. The molecule has 154 valence electrons. The van der Waals surface area contributed by atoms with Gasteiger partial charge in [0.15, 0.2) is 0 Å². The molecule has 1 aliphatic rings. The van der Waals surface area contributed by atoms with Gasteiger partial charge in [0.25, 0.3) is 0 Å². The highest BCUT2D eigenvalue weighted by atomic mass is 16.2. The van der Waals surface area contributed by atoms with Crippen LogP contribution in [0.15, 0.2) is 60.7 Å². The summed E-state index contributed by atoms with van der Waals surface area (Å²) in [6, 6.07) is 20.3. The molecule has 5 heteroatoms. The number of carbonyl (C=O) groups excluding carboxylic acids is 2. The van der Waals surface area contributed by atoms with Gasteiger partial charge in [-0.15, -0.1) is 0 Å². The normalized spacial score (nSPS) is 17.4. The third-order valence-corrected chi connectivity index (χ3v) is 5.35. The van der Waals surface area contributed by atoms with Crippen LogP contribution in [-0.2, 0) is 9.59 Å². The topological polar surface area (TPSA) is 61.4 Å². The van der Waals surface area contributed by atoms with Crippen molar-refractivity contribution in [2.75, 3.05) is 26.2 Å². The highest BCUT2D eigenvalue weighted by Gasteiger charge is 2.33. The molecule has 0 spiro atoms. The van der Waals surface area contributed by atoms with Crippen LogP contribution >= 0.6 is 0 Å². The van der Waals surface area contributed by atoms with Gasteiger partial charge in [-0.2, -0.15) is 0 Å². The first-order valence-electron chi connectivity index (χ1n) is 10.4. The Balaban J connectivity index is 1.79. The lowest BCUT2D eigenvalue weighted by Crippen LogP contribution is -2.57. The summed E-state index contributed by atoms with van der Waals surface area (Å²) >= 11 is 0. The number of carbonyl (C=O) groups is 2. The van der Waals surface area contributed by atoms with Gasteiger partial charge >= 0.3 is 0 Å². The second-order valence-corrected chi connectivity index (χ2v) is 8.08. The first kappa shape index (κ1) is 21.1. The second-order valence-electron chi connectivity index (χ2n) is 8.08. The molecule has 0 aromatic heterocycles. The Morgan fingerprint density at radius 2 is 1.66 bits per heavy atom. The van der Waals surface area contributed by atoms with E-state index in [0.29, 0.717) is 25.6 Å².